The molecule has 0 saturated carbocycles. The largest absolute Gasteiger partial charge is 0.339 e. The van der Waals surface area contributed by atoms with Crippen molar-refractivity contribution in [1.82, 2.24) is 10.2 Å². The fraction of sp³-hybridized carbons (Fsp3) is 0.312. The van der Waals surface area contributed by atoms with Crippen molar-refractivity contribution in [3.05, 3.63) is 41.5 Å². The number of nitrogens with one attached hydrogen (secondary N) is 2. The molecule has 0 fully saturated rings. The number of rotatable bonds is 5. The van der Waals surface area contributed by atoms with E-state index in [-0.39, 0.29) is 5.91 Å². The molecule has 1 heterocycles. The van der Waals surface area contributed by atoms with Gasteiger partial charge in [-0.2, -0.15) is 0 Å². The monoisotopic (exact) mass is 284 g/mol. The molecular weight excluding hydrogens is 264 g/mol. The number of hydrogen-bond donors (Lipinski definition) is 2. The third kappa shape index (κ3) is 4.27. The lowest BCUT2D eigenvalue weighted by Gasteiger charge is -2.08. The summed E-state index contributed by atoms with van der Waals surface area (Å²) in [5, 5.41) is 14.0. The normalized spacial score (nSPS) is 10.2. The molecule has 0 unspecified atom stereocenters. The molecule has 110 valence electrons. The standard InChI is InChI=1S/C16H20N4O/c1-4-5-16(21)18-15-9-8-14(19-20-15)17-13-7-6-11(2)12(3)10-13/h6-10H,4-5H2,1-3H3,(H,17,19)(H,18,20,21). The summed E-state index contributed by atoms with van der Waals surface area (Å²) >= 11 is 0. The average Bonchev–Trinajstić information content (AvgIpc) is 2.45. The van der Waals surface area contributed by atoms with Gasteiger partial charge in [0.2, 0.25) is 5.91 Å². The molecule has 2 N–H and O–H groups in total. The first-order valence-corrected chi connectivity index (χ1v) is 7.06. The Morgan fingerprint density at radius 2 is 1.76 bits per heavy atom. The van der Waals surface area contributed by atoms with Gasteiger partial charge in [-0.15, -0.1) is 10.2 Å². The van der Waals surface area contributed by atoms with Gasteiger partial charge in [0.15, 0.2) is 11.6 Å². The van der Waals surface area contributed by atoms with Crippen molar-refractivity contribution in [1.29, 1.82) is 0 Å². The fourth-order valence-electron chi connectivity index (χ4n) is 1.87. The van der Waals surface area contributed by atoms with Gasteiger partial charge in [-0.05, 0) is 55.7 Å². The molecule has 1 aromatic carbocycles. The zero-order valence-corrected chi connectivity index (χ0v) is 12.6. The van der Waals surface area contributed by atoms with Crippen LogP contribution in [0, 0.1) is 13.8 Å². The summed E-state index contributed by atoms with van der Waals surface area (Å²) in [5.74, 6) is 1.08. The number of nitrogens with zero attached hydrogens (tertiary/aromatic N) is 2. The summed E-state index contributed by atoms with van der Waals surface area (Å²) in [7, 11) is 0. The average molecular weight is 284 g/mol. The van der Waals surface area contributed by atoms with E-state index in [1.165, 1.54) is 11.1 Å². The van der Waals surface area contributed by atoms with E-state index in [9.17, 15) is 4.79 Å². The first kappa shape index (κ1) is 15.0. The third-order valence-corrected chi connectivity index (χ3v) is 3.19. The van der Waals surface area contributed by atoms with Crippen molar-refractivity contribution in [2.45, 2.75) is 33.6 Å². The summed E-state index contributed by atoms with van der Waals surface area (Å²) in [5.41, 5.74) is 3.44. The van der Waals surface area contributed by atoms with Crippen LogP contribution in [0.15, 0.2) is 30.3 Å². The van der Waals surface area contributed by atoms with Crippen LogP contribution in [0.4, 0.5) is 17.3 Å². The fourth-order valence-corrected chi connectivity index (χ4v) is 1.87. The predicted octanol–water partition coefficient (Wildman–Crippen LogP) is 3.58. The van der Waals surface area contributed by atoms with Crippen molar-refractivity contribution in [2.24, 2.45) is 0 Å². The van der Waals surface area contributed by atoms with Crippen molar-refractivity contribution >= 4 is 23.2 Å². The lowest BCUT2D eigenvalue weighted by atomic mass is 10.1. The van der Waals surface area contributed by atoms with Gasteiger partial charge in [0.1, 0.15) is 0 Å². The number of carbonyl (C=O) groups is 1. The summed E-state index contributed by atoms with van der Waals surface area (Å²) in [6, 6.07) is 9.66. The molecular formula is C16H20N4O. The van der Waals surface area contributed by atoms with Gasteiger partial charge in [0.05, 0.1) is 0 Å². The Labute approximate surface area is 124 Å². The lowest BCUT2D eigenvalue weighted by Crippen LogP contribution is -2.12. The molecule has 0 aliphatic heterocycles. The molecule has 0 spiro atoms. The minimum absolute atomic E-state index is 0.0401. The van der Waals surface area contributed by atoms with Crippen LogP contribution in [-0.2, 0) is 4.79 Å². The minimum Gasteiger partial charge on any atom is -0.339 e. The maximum absolute atomic E-state index is 11.5. The number of benzene rings is 1. The summed E-state index contributed by atoms with van der Waals surface area (Å²) < 4.78 is 0. The van der Waals surface area contributed by atoms with Crippen LogP contribution in [0.2, 0.25) is 0 Å². The first-order valence-electron chi connectivity index (χ1n) is 7.06. The van der Waals surface area contributed by atoms with E-state index in [2.05, 4.69) is 46.8 Å². The van der Waals surface area contributed by atoms with Gasteiger partial charge in [0, 0.05) is 12.1 Å². The molecule has 0 bridgehead atoms. The number of anilines is 3. The molecule has 21 heavy (non-hydrogen) atoms. The van der Waals surface area contributed by atoms with E-state index in [0.29, 0.717) is 18.1 Å². The molecule has 0 radical (unpaired) electrons. The first-order chi connectivity index (χ1) is 10.1. The van der Waals surface area contributed by atoms with Crippen LogP contribution in [0.5, 0.6) is 0 Å². The lowest BCUT2D eigenvalue weighted by molar-refractivity contribution is -0.116. The molecule has 0 atom stereocenters. The summed E-state index contributed by atoms with van der Waals surface area (Å²) in [4.78, 5) is 11.5. The van der Waals surface area contributed by atoms with E-state index >= 15 is 0 Å². The Bertz CT molecular complexity index is 623. The minimum atomic E-state index is -0.0401. The van der Waals surface area contributed by atoms with E-state index in [0.717, 1.165) is 12.1 Å². The molecule has 1 aromatic heterocycles. The zero-order valence-electron chi connectivity index (χ0n) is 12.6. The Morgan fingerprint density at radius 1 is 1.05 bits per heavy atom. The second-order valence-electron chi connectivity index (χ2n) is 5.03. The quantitative estimate of drug-likeness (QED) is 0.880. The third-order valence-electron chi connectivity index (χ3n) is 3.19. The van der Waals surface area contributed by atoms with Gasteiger partial charge in [0.25, 0.3) is 0 Å². The molecule has 2 rings (SSSR count). The van der Waals surface area contributed by atoms with Crippen LogP contribution in [0.25, 0.3) is 0 Å². The van der Waals surface area contributed by atoms with Crippen molar-refractivity contribution in [3.8, 4) is 0 Å². The van der Waals surface area contributed by atoms with Crippen molar-refractivity contribution < 1.29 is 4.79 Å². The van der Waals surface area contributed by atoms with Gasteiger partial charge in [-0.1, -0.05) is 13.0 Å². The molecule has 1 amide bonds. The number of amides is 1. The van der Waals surface area contributed by atoms with E-state index in [4.69, 9.17) is 0 Å². The highest BCUT2D eigenvalue weighted by Crippen LogP contribution is 2.18. The van der Waals surface area contributed by atoms with E-state index in [1.54, 1.807) is 12.1 Å². The Hall–Kier alpha value is -2.43. The molecule has 0 aliphatic rings. The number of carbonyl (C=O) groups excluding carboxylic acids is 1. The van der Waals surface area contributed by atoms with Gasteiger partial charge >= 0.3 is 0 Å². The highest BCUT2D eigenvalue weighted by molar-refractivity contribution is 5.89. The van der Waals surface area contributed by atoms with Crippen molar-refractivity contribution in [2.75, 3.05) is 10.6 Å². The molecule has 5 heteroatoms. The van der Waals surface area contributed by atoms with Crippen LogP contribution in [0.1, 0.15) is 30.9 Å². The Morgan fingerprint density at radius 3 is 2.38 bits per heavy atom. The van der Waals surface area contributed by atoms with Crippen LogP contribution in [-0.4, -0.2) is 16.1 Å². The zero-order chi connectivity index (χ0) is 15.2. The van der Waals surface area contributed by atoms with Gasteiger partial charge in [-0.3, -0.25) is 4.79 Å². The smallest absolute Gasteiger partial charge is 0.225 e. The van der Waals surface area contributed by atoms with Crippen LogP contribution >= 0.6 is 0 Å². The topological polar surface area (TPSA) is 66.9 Å². The predicted molar refractivity (Wildman–Crippen MR) is 84.8 cm³/mol. The van der Waals surface area contributed by atoms with E-state index in [1.807, 2.05) is 13.0 Å². The highest BCUT2D eigenvalue weighted by atomic mass is 16.1. The molecule has 2 aromatic rings. The number of aryl methyl sites for hydroxylation is 2. The Balaban J connectivity index is 2.01. The van der Waals surface area contributed by atoms with Gasteiger partial charge in [-0.25, -0.2) is 0 Å². The molecule has 0 saturated heterocycles. The highest BCUT2D eigenvalue weighted by Gasteiger charge is 2.03. The van der Waals surface area contributed by atoms with Crippen molar-refractivity contribution in [3.63, 3.8) is 0 Å². The number of aromatic nitrogens is 2. The summed E-state index contributed by atoms with van der Waals surface area (Å²) in [6.07, 6.45) is 1.30. The second-order valence-corrected chi connectivity index (χ2v) is 5.03. The van der Waals surface area contributed by atoms with Gasteiger partial charge < -0.3 is 10.6 Å². The van der Waals surface area contributed by atoms with Crippen LogP contribution < -0.4 is 10.6 Å². The maximum Gasteiger partial charge on any atom is 0.225 e. The van der Waals surface area contributed by atoms with Crippen LogP contribution in [0.3, 0.4) is 0 Å². The Kier molecular flexibility index (Phi) is 4.87. The SMILES string of the molecule is CCCC(=O)Nc1ccc(Nc2ccc(C)c(C)c2)nn1. The summed E-state index contributed by atoms with van der Waals surface area (Å²) in [6.45, 7) is 6.10. The number of hydrogen-bond acceptors (Lipinski definition) is 4. The molecule has 0 aliphatic carbocycles. The maximum atomic E-state index is 11.5. The molecule has 5 nitrogen and oxygen atoms in total. The second kappa shape index (κ2) is 6.83. The van der Waals surface area contributed by atoms with E-state index < -0.39 is 0 Å².